The zero-order valence-electron chi connectivity index (χ0n) is 5.92. The molecule has 1 rings (SSSR count). The fraction of sp³-hybridized carbons (Fsp3) is 0.333. The lowest BCUT2D eigenvalue weighted by Gasteiger charge is -2.04. The SMILES string of the molecule is COC(=O)C1C=C(C#N)NN1. The molecule has 0 saturated heterocycles. The van der Waals surface area contributed by atoms with Crippen LogP contribution in [0.4, 0.5) is 0 Å². The number of nitrogens with one attached hydrogen (secondary N) is 2. The summed E-state index contributed by atoms with van der Waals surface area (Å²) in [6.45, 7) is 0. The van der Waals surface area contributed by atoms with Gasteiger partial charge in [-0.25, -0.2) is 10.2 Å². The van der Waals surface area contributed by atoms with Crippen molar-refractivity contribution >= 4 is 5.97 Å². The number of hydrogen-bond donors (Lipinski definition) is 2. The van der Waals surface area contributed by atoms with Crippen molar-refractivity contribution in [1.29, 1.82) is 5.26 Å². The molecule has 0 aliphatic carbocycles. The first kappa shape index (κ1) is 7.57. The van der Waals surface area contributed by atoms with E-state index in [1.165, 1.54) is 13.2 Å². The number of ether oxygens (including phenoxy) is 1. The van der Waals surface area contributed by atoms with Crippen molar-refractivity contribution in [2.45, 2.75) is 6.04 Å². The second kappa shape index (κ2) is 3.03. The highest BCUT2D eigenvalue weighted by Gasteiger charge is 2.21. The van der Waals surface area contributed by atoms with E-state index in [9.17, 15) is 4.79 Å². The fourth-order valence-corrected chi connectivity index (χ4v) is 0.725. The third-order valence-corrected chi connectivity index (χ3v) is 1.27. The summed E-state index contributed by atoms with van der Waals surface area (Å²) in [5.74, 6) is -0.414. The van der Waals surface area contributed by atoms with Crippen molar-refractivity contribution in [3.05, 3.63) is 11.8 Å². The van der Waals surface area contributed by atoms with Crippen LogP contribution in [-0.2, 0) is 9.53 Å². The standard InChI is InChI=1S/C6H7N3O2/c1-11-6(10)5-2-4(3-7)8-9-5/h2,5,8-9H,1H3. The summed E-state index contributed by atoms with van der Waals surface area (Å²) < 4.78 is 4.43. The summed E-state index contributed by atoms with van der Waals surface area (Å²) in [5.41, 5.74) is 5.42. The van der Waals surface area contributed by atoms with Crippen LogP contribution in [0.15, 0.2) is 11.8 Å². The number of hydrogen-bond acceptors (Lipinski definition) is 5. The third kappa shape index (κ3) is 1.48. The van der Waals surface area contributed by atoms with E-state index in [-0.39, 0.29) is 0 Å². The summed E-state index contributed by atoms with van der Waals surface area (Å²) in [6, 6.07) is 1.31. The van der Waals surface area contributed by atoms with Crippen molar-refractivity contribution in [1.82, 2.24) is 10.9 Å². The summed E-state index contributed by atoms with van der Waals surface area (Å²) in [6.07, 6.45) is 1.46. The van der Waals surface area contributed by atoms with Crippen LogP contribution in [0.2, 0.25) is 0 Å². The smallest absolute Gasteiger partial charge is 0.328 e. The minimum atomic E-state index is -0.547. The molecule has 0 spiro atoms. The molecule has 0 aromatic carbocycles. The minimum Gasteiger partial charge on any atom is -0.468 e. The molecular formula is C6H7N3O2. The van der Waals surface area contributed by atoms with Gasteiger partial charge in [0, 0.05) is 0 Å². The van der Waals surface area contributed by atoms with Gasteiger partial charge >= 0.3 is 5.97 Å². The van der Waals surface area contributed by atoms with E-state index >= 15 is 0 Å². The Bertz CT molecular complexity index is 241. The number of carbonyl (C=O) groups is 1. The zero-order chi connectivity index (χ0) is 8.27. The Labute approximate surface area is 63.6 Å². The number of methoxy groups -OCH3 is 1. The molecule has 58 valence electrons. The summed E-state index contributed by atoms with van der Waals surface area (Å²) in [7, 11) is 1.29. The lowest BCUT2D eigenvalue weighted by molar-refractivity contribution is -0.141. The lowest BCUT2D eigenvalue weighted by atomic mass is 10.3. The minimum absolute atomic E-state index is 0.334. The number of rotatable bonds is 1. The van der Waals surface area contributed by atoms with Gasteiger partial charge < -0.3 is 10.2 Å². The van der Waals surface area contributed by atoms with Gasteiger partial charge in [0.05, 0.1) is 7.11 Å². The van der Waals surface area contributed by atoms with E-state index in [0.717, 1.165) is 0 Å². The van der Waals surface area contributed by atoms with Crippen molar-refractivity contribution in [3.63, 3.8) is 0 Å². The average molecular weight is 153 g/mol. The molecule has 0 amide bonds. The monoisotopic (exact) mass is 153 g/mol. The van der Waals surface area contributed by atoms with Gasteiger partial charge in [-0.05, 0) is 6.08 Å². The molecule has 5 nitrogen and oxygen atoms in total. The largest absolute Gasteiger partial charge is 0.468 e. The Hall–Kier alpha value is -1.54. The first-order valence-electron chi connectivity index (χ1n) is 2.99. The molecule has 0 fully saturated rings. The van der Waals surface area contributed by atoms with Gasteiger partial charge in [-0.2, -0.15) is 5.26 Å². The molecule has 1 aliphatic heterocycles. The van der Waals surface area contributed by atoms with Crippen LogP contribution < -0.4 is 10.9 Å². The van der Waals surface area contributed by atoms with Gasteiger partial charge in [-0.3, -0.25) is 0 Å². The first-order chi connectivity index (χ1) is 5.27. The number of allylic oxidation sites excluding steroid dienone is 1. The van der Waals surface area contributed by atoms with Gasteiger partial charge in [0.25, 0.3) is 0 Å². The van der Waals surface area contributed by atoms with Crippen molar-refractivity contribution < 1.29 is 9.53 Å². The van der Waals surface area contributed by atoms with Crippen LogP contribution in [0.5, 0.6) is 0 Å². The zero-order valence-corrected chi connectivity index (χ0v) is 5.92. The number of nitrogens with zero attached hydrogens (tertiary/aromatic N) is 1. The maximum atomic E-state index is 10.8. The van der Waals surface area contributed by atoms with Crippen molar-refractivity contribution in [3.8, 4) is 6.07 Å². The van der Waals surface area contributed by atoms with Gasteiger partial charge in [-0.1, -0.05) is 0 Å². The van der Waals surface area contributed by atoms with Crippen molar-refractivity contribution in [2.24, 2.45) is 0 Å². The maximum absolute atomic E-state index is 10.8. The van der Waals surface area contributed by atoms with Gasteiger partial charge in [0.2, 0.25) is 0 Å². The lowest BCUT2D eigenvalue weighted by Crippen LogP contribution is -2.37. The molecule has 0 saturated carbocycles. The van der Waals surface area contributed by atoms with E-state index in [0.29, 0.717) is 5.70 Å². The predicted octanol–water partition coefficient (Wildman–Crippen LogP) is -0.957. The molecule has 1 atom stereocenters. The van der Waals surface area contributed by atoms with Crippen LogP contribution in [0.3, 0.4) is 0 Å². The normalized spacial score (nSPS) is 21.5. The van der Waals surface area contributed by atoms with E-state index < -0.39 is 12.0 Å². The highest BCUT2D eigenvalue weighted by molar-refractivity contribution is 5.78. The molecular weight excluding hydrogens is 146 g/mol. The summed E-state index contributed by atoms with van der Waals surface area (Å²) in [5, 5.41) is 8.37. The Morgan fingerprint density at radius 3 is 3.09 bits per heavy atom. The topological polar surface area (TPSA) is 74.2 Å². The number of esters is 1. The van der Waals surface area contributed by atoms with E-state index in [1.807, 2.05) is 6.07 Å². The predicted molar refractivity (Wildman–Crippen MR) is 35.8 cm³/mol. The van der Waals surface area contributed by atoms with Gasteiger partial charge in [-0.15, -0.1) is 0 Å². The second-order valence-electron chi connectivity index (χ2n) is 1.96. The van der Waals surface area contributed by atoms with E-state index in [2.05, 4.69) is 15.6 Å². The fourth-order valence-electron chi connectivity index (χ4n) is 0.725. The Morgan fingerprint density at radius 2 is 2.64 bits per heavy atom. The Kier molecular flexibility index (Phi) is 2.09. The summed E-state index contributed by atoms with van der Waals surface area (Å²) >= 11 is 0. The number of carbonyl (C=O) groups excluding carboxylic acids is 1. The molecule has 5 heteroatoms. The Morgan fingerprint density at radius 1 is 1.91 bits per heavy atom. The average Bonchev–Trinajstić information content (AvgIpc) is 2.50. The van der Waals surface area contributed by atoms with Crippen LogP contribution in [-0.4, -0.2) is 19.1 Å². The summed E-state index contributed by atoms with van der Waals surface area (Å²) in [4.78, 5) is 10.8. The highest BCUT2D eigenvalue weighted by atomic mass is 16.5. The number of nitriles is 1. The van der Waals surface area contributed by atoms with Crippen LogP contribution in [0, 0.1) is 11.3 Å². The maximum Gasteiger partial charge on any atom is 0.328 e. The molecule has 1 unspecified atom stereocenters. The first-order valence-corrected chi connectivity index (χ1v) is 2.99. The molecule has 1 heterocycles. The molecule has 11 heavy (non-hydrogen) atoms. The number of hydrazine groups is 1. The molecule has 0 radical (unpaired) electrons. The van der Waals surface area contributed by atoms with E-state index in [4.69, 9.17) is 5.26 Å². The molecule has 0 aromatic heterocycles. The molecule has 0 bridgehead atoms. The van der Waals surface area contributed by atoms with Crippen LogP contribution in [0.1, 0.15) is 0 Å². The van der Waals surface area contributed by atoms with E-state index in [1.54, 1.807) is 0 Å². The van der Waals surface area contributed by atoms with Gasteiger partial charge in [0.15, 0.2) is 0 Å². The van der Waals surface area contributed by atoms with Crippen LogP contribution in [0.25, 0.3) is 0 Å². The highest BCUT2D eigenvalue weighted by Crippen LogP contribution is 1.99. The quantitative estimate of drug-likeness (QED) is 0.475. The molecule has 1 aliphatic rings. The molecule has 2 N–H and O–H groups in total. The van der Waals surface area contributed by atoms with Gasteiger partial charge in [0.1, 0.15) is 17.8 Å². The molecule has 0 aromatic rings. The Balaban J connectivity index is 2.61. The third-order valence-electron chi connectivity index (χ3n) is 1.27. The second-order valence-corrected chi connectivity index (χ2v) is 1.96. The van der Waals surface area contributed by atoms with Crippen molar-refractivity contribution in [2.75, 3.05) is 7.11 Å². The van der Waals surface area contributed by atoms with Crippen LogP contribution >= 0.6 is 0 Å².